The van der Waals surface area contributed by atoms with Crippen LogP contribution in [0.4, 0.5) is 0 Å². The number of hydrogen-bond acceptors (Lipinski definition) is 0. The monoisotopic (exact) mass is 442 g/mol. The number of hydrogen-bond donors (Lipinski definition) is 0. The van der Waals surface area contributed by atoms with Gasteiger partial charge in [-0.1, -0.05) is 64.1 Å². The SMILES string of the molecule is CCc1cccc(CC)c1-n1cc[n+](CCC[n+]2ccn(-c3c(CC)cccc3CC)c2)c1. The molecule has 0 saturated heterocycles. The van der Waals surface area contributed by atoms with Gasteiger partial charge in [-0.3, -0.25) is 0 Å². The van der Waals surface area contributed by atoms with E-state index in [1.807, 2.05) is 0 Å². The number of benzene rings is 2. The standard InChI is InChI=1S/C29H38N4/c1-5-24-12-9-13-25(6-2)28(24)32-20-18-30(22-32)16-11-17-31-19-21-33(23-31)29-26(7-3)14-10-15-27(29)8-4/h9-10,12-15,18-23H,5-8,11,16-17H2,1-4H3/q+2. The molecule has 0 amide bonds. The maximum Gasteiger partial charge on any atom is 0.248 e. The molecule has 2 aromatic carbocycles. The van der Waals surface area contributed by atoms with E-state index in [2.05, 4.69) is 120 Å². The van der Waals surface area contributed by atoms with Crippen molar-refractivity contribution in [3.63, 3.8) is 0 Å². The van der Waals surface area contributed by atoms with E-state index in [-0.39, 0.29) is 0 Å². The molecular formula is C29H38N4+2. The third kappa shape index (κ3) is 4.95. The average Bonchev–Trinajstić information content (AvgIpc) is 3.52. The van der Waals surface area contributed by atoms with Crippen LogP contribution in [0.3, 0.4) is 0 Å². The van der Waals surface area contributed by atoms with Crippen molar-refractivity contribution in [2.24, 2.45) is 0 Å². The van der Waals surface area contributed by atoms with E-state index < -0.39 is 0 Å². The second-order valence-corrected chi connectivity index (χ2v) is 8.73. The first kappa shape index (κ1) is 23.0. The molecule has 2 heterocycles. The van der Waals surface area contributed by atoms with E-state index in [9.17, 15) is 0 Å². The molecule has 4 nitrogen and oxygen atoms in total. The Balaban J connectivity index is 1.44. The largest absolute Gasteiger partial charge is 0.248 e. The van der Waals surface area contributed by atoms with Crippen LogP contribution >= 0.6 is 0 Å². The molecule has 172 valence electrons. The van der Waals surface area contributed by atoms with Gasteiger partial charge in [-0.05, 0) is 47.9 Å². The summed E-state index contributed by atoms with van der Waals surface area (Å²) in [6.45, 7) is 11.0. The maximum atomic E-state index is 2.31. The number of para-hydroxylation sites is 2. The van der Waals surface area contributed by atoms with Gasteiger partial charge in [-0.15, -0.1) is 0 Å². The Hall–Kier alpha value is -3.14. The molecule has 0 aliphatic rings. The Kier molecular flexibility index (Phi) is 7.43. The molecular weight excluding hydrogens is 404 g/mol. The highest BCUT2D eigenvalue weighted by molar-refractivity contribution is 5.49. The summed E-state index contributed by atoms with van der Waals surface area (Å²) in [5.41, 5.74) is 8.35. The number of aryl methyl sites for hydroxylation is 6. The van der Waals surface area contributed by atoms with Gasteiger partial charge in [-0.2, -0.15) is 0 Å². The third-order valence-electron chi connectivity index (χ3n) is 6.66. The molecule has 0 fully saturated rings. The van der Waals surface area contributed by atoms with Gasteiger partial charge in [0, 0.05) is 6.42 Å². The van der Waals surface area contributed by atoms with Crippen LogP contribution in [0.2, 0.25) is 0 Å². The van der Waals surface area contributed by atoms with Crippen LogP contribution in [-0.4, -0.2) is 9.13 Å². The topological polar surface area (TPSA) is 17.6 Å². The Morgan fingerprint density at radius 2 is 0.939 bits per heavy atom. The molecule has 4 rings (SSSR count). The molecule has 0 aliphatic heterocycles. The molecule has 0 saturated carbocycles. The first-order valence-corrected chi connectivity index (χ1v) is 12.5. The highest BCUT2D eigenvalue weighted by Gasteiger charge is 2.16. The number of imidazole rings is 2. The van der Waals surface area contributed by atoms with Gasteiger partial charge in [0.15, 0.2) is 0 Å². The van der Waals surface area contributed by atoms with E-state index in [4.69, 9.17) is 0 Å². The van der Waals surface area contributed by atoms with Crippen LogP contribution in [0.15, 0.2) is 73.8 Å². The highest BCUT2D eigenvalue weighted by atomic mass is 15.1. The van der Waals surface area contributed by atoms with E-state index in [1.54, 1.807) is 0 Å². The van der Waals surface area contributed by atoms with E-state index in [0.29, 0.717) is 0 Å². The molecule has 33 heavy (non-hydrogen) atoms. The molecule has 0 radical (unpaired) electrons. The van der Waals surface area contributed by atoms with Crippen molar-refractivity contribution >= 4 is 0 Å². The predicted octanol–water partition coefficient (Wildman–Crippen LogP) is 5.18. The summed E-state index contributed by atoms with van der Waals surface area (Å²) in [5, 5.41) is 0. The zero-order chi connectivity index (χ0) is 23.2. The lowest BCUT2D eigenvalue weighted by molar-refractivity contribution is -0.726. The quantitative estimate of drug-likeness (QED) is 0.301. The lowest BCUT2D eigenvalue weighted by Crippen LogP contribution is -2.37. The number of nitrogens with zero attached hydrogens (tertiary/aromatic N) is 4. The normalized spacial score (nSPS) is 11.3. The summed E-state index contributed by atoms with van der Waals surface area (Å²) in [6, 6.07) is 13.4. The van der Waals surface area contributed by atoms with Gasteiger partial charge in [0.2, 0.25) is 12.7 Å². The van der Waals surface area contributed by atoms with Crippen molar-refractivity contribution in [2.75, 3.05) is 0 Å². The van der Waals surface area contributed by atoms with Crippen molar-refractivity contribution in [1.82, 2.24) is 9.13 Å². The average molecular weight is 443 g/mol. The molecule has 0 aliphatic carbocycles. The second kappa shape index (κ2) is 10.7. The van der Waals surface area contributed by atoms with Gasteiger partial charge in [0.1, 0.15) is 36.2 Å². The molecule has 4 aromatic rings. The number of rotatable bonds is 10. The van der Waals surface area contributed by atoms with Crippen LogP contribution < -0.4 is 9.13 Å². The zero-order valence-electron chi connectivity index (χ0n) is 20.7. The van der Waals surface area contributed by atoms with Crippen LogP contribution in [0.1, 0.15) is 56.4 Å². The summed E-state index contributed by atoms with van der Waals surface area (Å²) in [6.07, 6.45) is 18.6. The van der Waals surface area contributed by atoms with E-state index in [1.165, 1.54) is 33.6 Å². The minimum Gasteiger partial charge on any atom is -0.236 e. The summed E-state index contributed by atoms with van der Waals surface area (Å²) < 4.78 is 9.22. The summed E-state index contributed by atoms with van der Waals surface area (Å²) >= 11 is 0. The lowest BCUT2D eigenvalue weighted by Gasteiger charge is -2.09. The van der Waals surface area contributed by atoms with Gasteiger partial charge in [-0.25, -0.2) is 18.3 Å². The van der Waals surface area contributed by atoms with Gasteiger partial charge in [0.25, 0.3) is 0 Å². The van der Waals surface area contributed by atoms with Gasteiger partial charge >= 0.3 is 0 Å². The summed E-state index contributed by atoms with van der Waals surface area (Å²) in [4.78, 5) is 0. The lowest BCUT2D eigenvalue weighted by atomic mass is 10.0. The van der Waals surface area contributed by atoms with Crippen molar-refractivity contribution in [3.05, 3.63) is 96.1 Å². The second-order valence-electron chi connectivity index (χ2n) is 8.73. The fraction of sp³-hybridized carbons (Fsp3) is 0.379. The van der Waals surface area contributed by atoms with Crippen LogP contribution in [0.25, 0.3) is 11.4 Å². The maximum absolute atomic E-state index is 2.31. The molecule has 0 bridgehead atoms. The molecule has 0 N–H and O–H groups in total. The first-order chi connectivity index (χ1) is 16.2. The van der Waals surface area contributed by atoms with Crippen LogP contribution in [-0.2, 0) is 38.8 Å². The first-order valence-electron chi connectivity index (χ1n) is 12.5. The van der Waals surface area contributed by atoms with E-state index >= 15 is 0 Å². The van der Waals surface area contributed by atoms with E-state index in [0.717, 1.165) is 45.2 Å². The fourth-order valence-electron chi connectivity index (χ4n) is 4.85. The summed E-state index contributed by atoms with van der Waals surface area (Å²) in [7, 11) is 0. The Morgan fingerprint density at radius 1 is 0.576 bits per heavy atom. The zero-order valence-corrected chi connectivity index (χ0v) is 20.7. The Bertz CT molecular complexity index is 1060. The van der Waals surface area contributed by atoms with Crippen molar-refractivity contribution in [1.29, 1.82) is 0 Å². The summed E-state index contributed by atoms with van der Waals surface area (Å²) in [5.74, 6) is 0. The third-order valence-corrected chi connectivity index (χ3v) is 6.66. The predicted molar refractivity (Wildman–Crippen MR) is 134 cm³/mol. The van der Waals surface area contributed by atoms with Crippen molar-refractivity contribution < 1.29 is 9.13 Å². The fourth-order valence-corrected chi connectivity index (χ4v) is 4.85. The molecule has 0 spiro atoms. The molecule has 0 atom stereocenters. The number of aromatic nitrogens is 4. The molecule has 4 heteroatoms. The van der Waals surface area contributed by atoms with Gasteiger partial charge < -0.3 is 0 Å². The van der Waals surface area contributed by atoms with Gasteiger partial charge in [0.05, 0.1) is 13.1 Å². The minimum absolute atomic E-state index is 1.01. The highest BCUT2D eigenvalue weighted by Crippen LogP contribution is 2.22. The minimum atomic E-state index is 1.01. The Morgan fingerprint density at radius 3 is 1.27 bits per heavy atom. The Labute approximate surface area is 198 Å². The van der Waals surface area contributed by atoms with Crippen molar-refractivity contribution in [2.45, 2.75) is 72.9 Å². The van der Waals surface area contributed by atoms with Crippen molar-refractivity contribution in [3.8, 4) is 11.4 Å². The smallest absolute Gasteiger partial charge is 0.236 e. The van der Waals surface area contributed by atoms with Crippen LogP contribution in [0, 0.1) is 0 Å². The van der Waals surface area contributed by atoms with Crippen LogP contribution in [0.5, 0.6) is 0 Å². The molecule has 2 aromatic heterocycles. The molecule has 0 unspecified atom stereocenters.